The predicted octanol–water partition coefficient (Wildman–Crippen LogP) is 5.86. The zero-order chi connectivity index (χ0) is 24.0. The van der Waals surface area contributed by atoms with Crippen LogP contribution in [0.4, 0.5) is 0 Å². The van der Waals surface area contributed by atoms with Crippen LogP contribution in [-0.2, 0) is 16.1 Å². The Kier molecular flexibility index (Phi) is 9.04. The number of hydrogen-bond acceptors (Lipinski definition) is 3. The summed E-state index contributed by atoms with van der Waals surface area (Å²) < 4.78 is 5.88. The molecule has 1 aliphatic rings. The second kappa shape index (κ2) is 11.8. The number of benzene rings is 2. The molecule has 178 valence electrons. The van der Waals surface area contributed by atoms with Gasteiger partial charge >= 0.3 is 0 Å². The van der Waals surface area contributed by atoms with E-state index in [1.165, 1.54) is 0 Å². The fourth-order valence-corrected chi connectivity index (χ4v) is 4.53. The van der Waals surface area contributed by atoms with E-state index in [0.29, 0.717) is 22.2 Å². The van der Waals surface area contributed by atoms with Crippen molar-refractivity contribution >= 4 is 35.0 Å². The number of carbonyl (C=O) groups excluding carboxylic acids is 2. The Morgan fingerprint density at radius 1 is 1.09 bits per heavy atom. The molecule has 33 heavy (non-hydrogen) atoms. The van der Waals surface area contributed by atoms with Crippen LogP contribution < -0.4 is 10.1 Å². The van der Waals surface area contributed by atoms with Crippen molar-refractivity contribution in [3.05, 3.63) is 63.1 Å². The Labute approximate surface area is 206 Å². The van der Waals surface area contributed by atoms with Gasteiger partial charge in [0.2, 0.25) is 5.91 Å². The number of hydrogen-bond donors (Lipinski definition) is 1. The van der Waals surface area contributed by atoms with Gasteiger partial charge in [-0.1, -0.05) is 61.2 Å². The van der Waals surface area contributed by atoms with Crippen molar-refractivity contribution in [1.82, 2.24) is 10.2 Å². The van der Waals surface area contributed by atoms with Crippen molar-refractivity contribution in [3.8, 4) is 5.75 Å². The molecule has 0 bridgehead atoms. The summed E-state index contributed by atoms with van der Waals surface area (Å²) >= 11 is 12.3. The molecule has 0 aliphatic heterocycles. The van der Waals surface area contributed by atoms with Gasteiger partial charge in [0.15, 0.2) is 6.61 Å². The SMILES string of the molecule is CCC(C(=O)NC1CCCC1)N(Cc1ccc(Cl)c(Cl)c1)C(=O)COc1cc(C)ccc1C. The molecule has 0 aromatic heterocycles. The summed E-state index contributed by atoms with van der Waals surface area (Å²) in [6.07, 6.45) is 4.71. The summed E-state index contributed by atoms with van der Waals surface area (Å²) in [7, 11) is 0. The third-order valence-corrected chi connectivity index (χ3v) is 6.86. The highest BCUT2D eigenvalue weighted by atomic mass is 35.5. The molecule has 3 rings (SSSR count). The second-order valence-corrected chi connectivity index (χ2v) is 9.56. The van der Waals surface area contributed by atoms with Gasteiger partial charge in [-0.25, -0.2) is 0 Å². The van der Waals surface area contributed by atoms with Gasteiger partial charge in [0.05, 0.1) is 10.0 Å². The third-order valence-electron chi connectivity index (χ3n) is 6.12. The highest BCUT2D eigenvalue weighted by molar-refractivity contribution is 6.42. The quantitative estimate of drug-likeness (QED) is 0.479. The van der Waals surface area contributed by atoms with Crippen LogP contribution in [0.1, 0.15) is 55.7 Å². The van der Waals surface area contributed by atoms with Crippen LogP contribution in [0.2, 0.25) is 10.0 Å². The zero-order valence-corrected chi connectivity index (χ0v) is 21.0. The summed E-state index contributed by atoms with van der Waals surface area (Å²) in [4.78, 5) is 28.1. The monoisotopic (exact) mass is 490 g/mol. The Morgan fingerprint density at radius 2 is 1.82 bits per heavy atom. The molecular formula is C26H32Cl2N2O3. The Morgan fingerprint density at radius 3 is 2.48 bits per heavy atom. The van der Waals surface area contributed by atoms with E-state index in [1.807, 2.05) is 45.0 Å². The lowest BCUT2D eigenvalue weighted by atomic mass is 10.1. The second-order valence-electron chi connectivity index (χ2n) is 8.74. The summed E-state index contributed by atoms with van der Waals surface area (Å²) in [5, 5.41) is 4.00. The molecule has 1 atom stereocenters. The van der Waals surface area contributed by atoms with Crippen molar-refractivity contribution in [3.63, 3.8) is 0 Å². The molecule has 1 N–H and O–H groups in total. The van der Waals surface area contributed by atoms with Crippen LogP contribution >= 0.6 is 23.2 Å². The number of ether oxygens (including phenoxy) is 1. The van der Waals surface area contributed by atoms with Crippen LogP contribution in [0.15, 0.2) is 36.4 Å². The molecular weight excluding hydrogens is 459 g/mol. The van der Waals surface area contributed by atoms with Gasteiger partial charge in [-0.15, -0.1) is 0 Å². The Bertz CT molecular complexity index is 989. The van der Waals surface area contributed by atoms with E-state index in [2.05, 4.69) is 5.32 Å². The molecule has 0 radical (unpaired) electrons. The van der Waals surface area contributed by atoms with E-state index in [9.17, 15) is 9.59 Å². The fourth-order valence-electron chi connectivity index (χ4n) is 4.21. The lowest BCUT2D eigenvalue weighted by Crippen LogP contribution is -2.52. The summed E-state index contributed by atoms with van der Waals surface area (Å²) in [5.74, 6) is 0.293. The molecule has 1 aliphatic carbocycles. The molecule has 0 heterocycles. The number of rotatable bonds is 9. The normalized spacial score (nSPS) is 14.7. The molecule has 0 spiro atoms. The van der Waals surface area contributed by atoms with Crippen molar-refractivity contribution in [2.75, 3.05) is 6.61 Å². The maximum atomic E-state index is 13.4. The molecule has 5 nitrogen and oxygen atoms in total. The lowest BCUT2D eigenvalue weighted by molar-refractivity contribution is -0.143. The van der Waals surface area contributed by atoms with Gasteiger partial charge in [-0.2, -0.15) is 0 Å². The minimum absolute atomic E-state index is 0.121. The van der Waals surface area contributed by atoms with Gasteiger partial charge in [0.25, 0.3) is 5.91 Å². The summed E-state index contributed by atoms with van der Waals surface area (Å²) in [6, 6.07) is 10.7. The topological polar surface area (TPSA) is 58.6 Å². The standard InChI is InChI=1S/C26H32Cl2N2O3/c1-4-23(26(32)29-20-7-5-6-8-20)30(15-19-11-12-21(27)22(28)14-19)25(31)16-33-24-13-17(2)9-10-18(24)3/h9-14,20,23H,4-8,15-16H2,1-3H3,(H,29,32). The van der Waals surface area contributed by atoms with Crippen molar-refractivity contribution in [2.45, 2.75) is 71.5 Å². The van der Waals surface area contributed by atoms with Crippen LogP contribution in [-0.4, -0.2) is 35.4 Å². The Balaban J connectivity index is 1.80. The third kappa shape index (κ3) is 6.87. The largest absolute Gasteiger partial charge is 0.483 e. The van der Waals surface area contributed by atoms with Crippen LogP contribution in [0.25, 0.3) is 0 Å². The highest BCUT2D eigenvalue weighted by Crippen LogP contribution is 2.25. The smallest absolute Gasteiger partial charge is 0.261 e. The maximum absolute atomic E-state index is 13.4. The van der Waals surface area contributed by atoms with Gasteiger partial charge in [-0.3, -0.25) is 9.59 Å². The van der Waals surface area contributed by atoms with Gasteiger partial charge in [-0.05, 0) is 68.0 Å². The number of nitrogens with one attached hydrogen (secondary N) is 1. The molecule has 1 fully saturated rings. The first kappa shape index (κ1) is 25.4. The first-order chi connectivity index (χ1) is 15.8. The predicted molar refractivity (Wildman–Crippen MR) is 133 cm³/mol. The summed E-state index contributed by atoms with van der Waals surface area (Å²) in [5.41, 5.74) is 2.81. The number of carbonyl (C=O) groups is 2. The molecule has 1 saturated carbocycles. The minimum Gasteiger partial charge on any atom is -0.483 e. The maximum Gasteiger partial charge on any atom is 0.261 e. The zero-order valence-electron chi connectivity index (χ0n) is 19.5. The van der Waals surface area contributed by atoms with Gasteiger partial charge in [0.1, 0.15) is 11.8 Å². The number of halogens is 2. The first-order valence-corrected chi connectivity index (χ1v) is 12.3. The van der Waals surface area contributed by atoms with E-state index >= 15 is 0 Å². The van der Waals surface area contributed by atoms with E-state index in [-0.39, 0.29) is 31.0 Å². The fraction of sp³-hybridized carbons (Fsp3) is 0.462. The first-order valence-electron chi connectivity index (χ1n) is 11.5. The van der Waals surface area contributed by atoms with Crippen LogP contribution in [0, 0.1) is 13.8 Å². The number of nitrogens with zero attached hydrogens (tertiary/aromatic N) is 1. The van der Waals surface area contributed by atoms with E-state index in [1.54, 1.807) is 17.0 Å². The molecule has 7 heteroatoms. The molecule has 2 aromatic carbocycles. The lowest BCUT2D eigenvalue weighted by Gasteiger charge is -2.31. The highest BCUT2D eigenvalue weighted by Gasteiger charge is 2.31. The van der Waals surface area contributed by atoms with Gasteiger partial charge < -0.3 is 15.0 Å². The van der Waals surface area contributed by atoms with Crippen LogP contribution in [0.3, 0.4) is 0 Å². The van der Waals surface area contributed by atoms with Gasteiger partial charge in [0, 0.05) is 12.6 Å². The van der Waals surface area contributed by atoms with Crippen molar-refractivity contribution < 1.29 is 14.3 Å². The number of aryl methyl sites for hydroxylation is 2. The van der Waals surface area contributed by atoms with E-state index in [4.69, 9.17) is 27.9 Å². The van der Waals surface area contributed by atoms with Crippen molar-refractivity contribution in [1.29, 1.82) is 0 Å². The molecule has 1 unspecified atom stereocenters. The summed E-state index contributed by atoms with van der Waals surface area (Å²) in [6.45, 7) is 5.92. The van der Waals surface area contributed by atoms with E-state index in [0.717, 1.165) is 42.4 Å². The average Bonchev–Trinajstić information content (AvgIpc) is 3.29. The molecule has 0 saturated heterocycles. The molecule has 2 aromatic rings. The van der Waals surface area contributed by atoms with Crippen LogP contribution in [0.5, 0.6) is 5.75 Å². The number of amides is 2. The minimum atomic E-state index is -0.602. The van der Waals surface area contributed by atoms with E-state index < -0.39 is 6.04 Å². The molecule has 2 amide bonds. The Hall–Kier alpha value is -2.24. The van der Waals surface area contributed by atoms with Crippen molar-refractivity contribution in [2.24, 2.45) is 0 Å². The average molecular weight is 491 g/mol.